The van der Waals surface area contributed by atoms with Gasteiger partial charge in [0.1, 0.15) is 6.61 Å². The van der Waals surface area contributed by atoms with Gasteiger partial charge in [-0.3, -0.25) is 4.79 Å². The van der Waals surface area contributed by atoms with E-state index in [-0.39, 0.29) is 18.5 Å². The number of unbranched alkanes of at least 4 members (excludes halogenated alkanes) is 3. The summed E-state index contributed by atoms with van der Waals surface area (Å²) in [4.78, 5) is 12.1. The van der Waals surface area contributed by atoms with Crippen molar-refractivity contribution in [2.24, 2.45) is 0 Å². The van der Waals surface area contributed by atoms with Crippen LogP contribution in [0, 0.1) is 0 Å². The van der Waals surface area contributed by atoms with Crippen molar-refractivity contribution < 1.29 is 9.53 Å². The average molecular weight is 290 g/mol. The van der Waals surface area contributed by atoms with Gasteiger partial charge in [-0.1, -0.05) is 70.2 Å². The molecule has 2 nitrogen and oxygen atoms in total. The van der Waals surface area contributed by atoms with Crippen LogP contribution in [0.25, 0.3) is 0 Å². The third kappa shape index (κ3) is 7.42. The number of hydrogen-bond acceptors (Lipinski definition) is 2. The summed E-state index contributed by atoms with van der Waals surface area (Å²) in [5, 5.41) is 0. The molecule has 1 rings (SSSR count). The molecule has 0 N–H and O–H groups in total. The number of ketones is 1. The highest BCUT2D eigenvalue weighted by molar-refractivity contribution is 5.97. The minimum absolute atomic E-state index is 0.0819. The second-order valence-electron chi connectivity index (χ2n) is 5.84. The Labute approximate surface area is 129 Å². The van der Waals surface area contributed by atoms with Gasteiger partial charge in [-0.25, -0.2) is 0 Å². The molecule has 0 spiro atoms. The van der Waals surface area contributed by atoms with Crippen LogP contribution in [0.15, 0.2) is 24.3 Å². The van der Waals surface area contributed by atoms with Gasteiger partial charge in [-0.2, -0.15) is 0 Å². The molecule has 1 atom stereocenters. The molecule has 1 aromatic rings. The summed E-state index contributed by atoms with van der Waals surface area (Å²) in [7, 11) is 0. The number of hydrogen-bond donors (Lipinski definition) is 0. The van der Waals surface area contributed by atoms with E-state index >= 15 is 0 Å². The van der Waals surface area contributed by atoms with E-state index in [2.05, 4.69) is 20.8 Å². The molecule has 2 heteroatoms. The SMILES string of the molecule is CCCCCCC(C)OCC(=O)c1ccc(CCC)cc1. The van der Waals surface area contributed by atoms with E-state index in [4.69, 9.17) is 4.74 Å². The number of ether oxygens (including phenoxy) is 1. The topological polar surface area (TPSA) is 26.3 Å². The molecule has 118 valence electrons. The summed E-state index contributed by atoms with van der Waals surface area (Å²) < 4.78 is 5.67. The fourth-order valence-electron chi connectivity index (χ4n) is 2.39. The Kier molecular flexibility index (Phi) is 9.00. The number of benzene rings is 1. The van der Waals surface area contributed by atoms with Gasteiger partial charge in [0.15, 0.2) is 5.78 Å². The van der Waals surface area contributed by atoms with Gasteiger partial charge in [0.25, 0.3) is 0 Å². The van der Waals surface area contributed by atoms with Crippen molar-refractivity contribution in [3.8, 4) is 0 Å². The Bertz CT molecular complexity index is 395. The summed E-state index contributed by atoms with van der Waals surface area (Å²) in [6.45, 7) is 6.63. The van der Waals surface area contributed by atoms with Crippen LogP contribution in [0.2, 0.25) is 0 Å². The van der Waals surface area contributed by atoms with Gasteiger partial charge in [0.2, 0.25) is 0 Å². The van der Waals surface area contributed by atoms with Crippen LogP contribution >= 0.6 is 0 Å². The van der Waals surface area contributed by atoms with Crippen LogP contribution in [0.3, 0.4) is 0 Å². The second kappa shape index (κ2) is 10.6. The van der Waals surface area contributed by atoms with Crippen molar-refractivity contribution in [3.63, 3.8) is 0 Å². The first-order chi connectivity index (χ1) is 10.2. The molecule has 0 aliphatic heterocycles. The Balaban J connectivity index is 2.29. The second-order valence-corrected chi connectivity index (χ2v) is 5.84. The summed E-state index contributed by atoms with van der Waals surface area (Å²) in [6, 6.07) is 7.93. The molecule has 21 heavy (non-hydrogen) atoms. The summed E-state index contributed by atoms with van der Waals surface area (Å²) >= 11 is 0. The molecular weight excluding hydrogens is 260 g/mol. The highest BCUT2D eigenvalue weighted by atomic mass is 16.5. The molecule has 1 unspecified atom stereocenters. The molecule has 0 fully saturated rings. The normalized spacial score (nSPS) is 12.3. The molecule has 1 aromatic carbocycles. The third-order valence-electron chi connectivity index (χ3n) is 3.78. The van der Waals surface area contributed by atoms with Crippen molar-refractivity contribution in [2.45, 2.75) is 71.8 Å². The van der Waals surface area contributed by atoms with Crippen LogP contribution in [-0.2, 0) is 11.2 Å². The van der Waals surface area contributed by atoms with Crippen LogP contribution in [0.5, 0.6) is 0 Å². The maximum Gasteiger partial charge on any atom is 0.188 e. The molecule has 0 aliphatic carbocycles. The molecular formula is C19H30O2. The first-order valence-corrected chi connectivity index (χ1v) is 8.41. The Morgan fingerprint density at radius 1 is 1.05 bits per heavy atom. The van der Waals surface area contributed by atoms with Gasteiger partial charge in [-0.05, 0) is 25.3 Å². The van der Waals surface area contributed by atoms with E-state index in [0.717, 1.165) is 24.8 Å². The van der Waals surface area contributed by atoms with Gasteiger partial charge < -0.3 is 4.74 Å². The minimum atomic E-state index is 0.0819. The lowest BCUT2D eigenvalue weighted by atomic mass is 10.1. The monoisotopic (exact) mass is 290 g/mol. The van der Waals surface area contributed by atoms with Crippen molar-refractivity contribution in [3.05, 3.63) is 35.4 Å². The fraction of sp³-hybridized carbons (Fsp3) is 0.632. The highest BCUT2D eigenvalue weighted by Crippen LogP contribution is 2.10. The fourth-order valence-corrected chi connectivity index (χ4v) is 2.39. The maximum atomic E-state index is 12.1. The largest absolute Gasteiger partial charge is 0.370 e. The van der Waals surface area contributed by atoms with Gasteiger partial charge >= 0.3 is 0 Å². The van der Waals surface area contributed by atoms with E-state index in [1.165, 1.54) is 31.2 Å². The highest BCUT2D eigenvalue weighted by Gasteiger charge is 2.09. The lowest BCUT2D eigenvalue weighted by Gasteiger charge is -2.12. The van der Waals surface area contributed by atoms with Crippen molar-refractivity contribution in [1.29, 1.82) is 0 Å². The average Bonchev–Trinajstić information content (AvgIpc) is 2.50. The summed E-state index contributed by atoms with van der Waals surface area (Å²) in [5.41, 5.74) is 2.05. The molecule has 0 radical (unpaired) electrons. The summed E-state index contributed by atoms with van der Waals surface area (Å²) in [6.07, 6.45) is 8.41. The molecule has 0 saturated carbocycles. The number of carbonyl (C=O) groups is 1. The zero-order chi connectivity index (χ0) is 15.5. The predicted octanol–water partition coefficient (Wildman–Crippen LogP) is 5.20. The third-order valence-corrected chi connectivity index (χ3v) is 3.78. The maximum absolute atomic E-state index is 12.1. The minimum Gasteiger partial charge on any atom is -0.370 e. The smallest absolute Gasteiger partial charge is 0.188 e. The van der Waals surface area contributed by atoms with Gasteiger partial charge in [-0.15, -0.1) is 0 Å². The van der Waals surface area contributed by atoms with Gasteiger partial charge in [0.05, 0.1) is 6.10 Å². The Morgan fingerprint density at radius 3 is 2.38 bits per heavy atom. The first-order valence-electron chi connectivity index (χ1n) is 8.41. The zero-order valence-corrected chi connectivity index (χ0v) is 13.9. The van der Waals surface area contributed by atoms with E-state index in [9.17, 15) is 4.79 Å². The zero-order valence-electron chi connectivity index (χ0n) is 13.9. The van der Waals surface area contributed by atoms with Crippen LogP contribution in [0.4, 0.5) is 0 Å². The number of carbonyl (C=O) groups excluding carboxylic acids is 1. The Hall–Kier alpha value is -1.15. The molecule has 0 bridgehead atoms. The summed E-state index contributed by atoms with van der Waals surface area (Å²) in [5.74, 6) is 0.0819. The molecule has 0 aromatic heterocycles. The lowest BCUT2D eigenvalue weighted by Crippen LogP contribution is -2.16. The number of aryl methyl sites for hydroxylation is 1. The van der Waals surface area contributed by atoms with Crippen molar-refractivity contribution in [1.82, 2.24) is 0 Å². The Morgan fingerprint density at radius 2 is 1.76 bits per heavy atom. The lowest BCUT2D eigenvalue weighted by molar-refractivity contribution is 0.0483. The van der Waals surface area contributed by atoms with Gasteiger partial charge in [0, 0.05) is 5.56 Å². The van der Waals surface area contributed by atoms with E-state index < -0.39 is 0 Å². The first kappa shape index (κ1) is 17.9. The van der Waals surface area contributed by atoms with Crippen LogP contribution in [0.1, 0.15) is 75.2 Å². The molecule has 0 heterocycles. The van der Waals surface area contributed by atoms with Crippen LogP contribution < -0.4 is 0 Å². The molecule has 0 amide bonds. The molecule has 0 saturated heterocycles. The molecule has 0 aliphatic rings. The number of Topliss-reactive ketones (excluding diaryl/α,β-unsaturated/α-hetero) is 1. The van der Waals surface area contributed by atoms with E-state index in [0.29, 0.717) is 0 Å². The number of rotatable bonds is 11. The van der Waals surface area contributed by atoms with Crippen LogP contribution in [-0.4, -0.2) is 18.5 Å². The van der Waals surface area contributed by atoms with Crippen molar-refractivity contribution in [2.75, 3.05) is 6.61 Å². The quantitative estimate of drug-likeness (QED) is 0.414. The standard InChI is InChI=1S/C19H30O2/c1-4-6-7-8-10-16(3)21-15-19(20)18-13-11-17(9-5-2)12-14-18/h11-14,16H,4-10,15H2,1-3H3. The van der Waals surface area contributed by atoms with Crippen molar-refractivity contribution >= 4 is 5.78 Å². The van der Waals surface area contributed by atoms with E-state index in [1.54, 1.807) is 0 Å². The van der Waals surface area contributed by atoms with E-state index in [1.807, 2.05) is 24.3 Å². The predicted molar refractivity (Wildman–Crippen MR) is 88.9 cm³/mol.